The molecular weight excluding hydrogens is 266 g/mol. The van der Waals surface area contributed by atoms with E-state index in [0.717, 1.165) is 17.7 Å². The van der Waals surface area contributed by atoms with Crippen LogP contribution in [0.3, 0.4) is 0 Å². The maximum absolute atomic E-state index is 12.1. The topological polar surface area (TPSA) is 110 Å². The van der Waals surface area contributed by atoms with E-state index in [2.05, 4.69) is 5.32 Å². The van der Waals surface area contributed by atoms with Crippen molar-refractivity contribution >= 4 is 17.9 Å². The largest absolute Gasteiger partial charge is 0.480 e. The summed E-state index contributed by atoms with van der Waals surface area (Å²) < 4.78 is 0. The van der Waals surface area contributed by atoms with Crippen molar-refractivity contribution in [3.05, 3.63) is 0 Å². The quantitative estimate of drug-likeness (QED) is 0.603. The van der Waals surface area contributed by atoms with Crippen molar-refractivity contribution in [3.63, 3.8) is 0 Å². The highest BCUT2D eigenvalue weighted by Crippen LogP contribution is 2.20. The van der Waals surface area contributed by atoms with Crippen LogP contribution in [0.5, 0.6) is 0 Å². The second-order valence-electron chi connectivity index (χ2n) is 5.38. The molecule has 1 aliphatic carbocycles. The lowest BCUT2D eigenvalue weighted by Crippen LogP contribution is -2.49. The van der Waals surface area contributed by atoms with E-state index in [1.807, 2.05) is 0 Å². The predicted octanol–water partition coefficient (Wildman–Crippen LogP) is -1.16. The molecule has 0 bridgehead atoms. The molecule has 8 nitrogen and oxygen atoms in total. The molecule has 3 amide bonds. The van der Waals surface area contributed by atoms with Crippen LogP contribution in [0.1, 0.15) is 19.3 Å². The van der Waals surface area contributed by atoms with Gasteiger partial charge in [-0.2, -0.15) is 0 Å². The van der Waals surface area contributed by atoms with E-state index in [4.69, 9.17) is 5.11 Å². The first-order chi connectivity index (χ1) is 9.38. The van der Waals surface area contributed by atoms with Gasteiger partial charge in [0.05, 0.1) is 6.10 Å². The number of hydrogen-bond donors (Lipinski definition) is 3. The van der Waals surface area contributed by atoms with Crippen molar-refractivity contribution in [1.82, 2.24) is 15.1 Å². The van der Waals surface area contributed by atoms with Crippen LogP contribution in [-0.2, 0) is 9.59 Å². The number of amides is 3. The van der Waals surface area contributed by atoms with Gasteiger partial charge in [0, 0.05) is 26.1 Å². The number of aliphatic carboxylic acids is 1. The highest BCUT2D eigenvalue weighted by Gasteiger charge is 2.40. The van der Waals surface area contributed by atoms with Gasteiger partial charge >= 0.3 is 12.0 Å². The molecule has 1 heterocycles. The molecule has 0 aromatic rings. The summed E-state index contributed by atoms with van der Waals surface area (Å²) in [5.41, 5.74) is 0. The molecule has 2 rings (SSSR count). The summed E-state index contributed by atoms with van der Waals surface area (Å²) in [6, 6.07) is -1.38. The third kappa shape index (κ3) is 3.38. The Morgan fingerprint density at radius 2 is 2.00 bits per heavy atom. The molecule has 0 aromatic heterocycles. The minimum atomic E-state index is -1.15. The van der Waals surface area contributed by atoms with Gasteiger partial charge in [-0.15, -0.1) is 0 Å². The normalized spacial score (nSPS) is 25.4. The minimum absolute atomic E-state index is 0.0170. The number of nitrogens with one attached hydrogen (secondary N) is 1. The van der Waals surface area contributed by atoms with Crippen molar-refractivity contribution in [2.75, 3.05) is 20.1 Å². The molecule has 0 radical (unpaired) electrons. The van der Waals surface area contributed by atoms with Gasteiger partial charge in [0.1, 0.15) is 12.6 Å². The van der Waals surface area contributed by atoms with Gasteiger partial charge in [-0.3, -0.25) is 4.79 Å². The van der Waals surface area contributed by atoms with Crippen LogP contribution in [0, 0.1) is 0 Å². The van der Waals surface area contributed by atoms with Gasteiger partial charge < -0.3 is 25.3 Å². The predicted molar refractivity (Wildman–Crippen MR) is 67.9 cm³/mol. The standard InChI is InChI=1S/C12H19N3O5/c1-14(6-10(17)13-7-2-3-7)12(20)15-5-8(16)4-9(15)11(18)19/h7-9,16H,2-6H2,1H3,(H,13,17)(H,18,19)/t8-,9-/m1/s1. The fourth-order valence-corrected chi connectivity index (χ4v) is 2.26. The molecule has 2 aliphatic rings. The molecule has 20 heavy (non-hydrogen) atoms. The number of carbonyl (C=O) groups excluding carboxylic acids is 2. The number of carbonyl (C=O) groups is 3. The summed E-state index contributed by atoms with van der Waals surface area (Å²) in [4.78, 5) is 37.1. The first kappa shape index (κ1) is 14.6. The summed E-state index contributed by atoms with van der Waals surface area (Å²) in [5.74, 6) is -1.40. The number of nitrogens with zero attached hydrogens (tertiary/aromatic N) is 2. The second kappa shape index (κ2) is 5.66. The smallest absolute Gasteiger partial charge is 0.326 e. The van der Waals surface area contributed by atoms with Crippen LogP contribution >= 0.6 is 0 Å². The summed E-state index contributed by atoms with van der Waals surface area (Å²) >= 11 is 0. The highest BCUT2D eigenvalue weighted by atomic mass is 16.4. The molecule has 2 fully saturated rings. The molecular formula is C12H19N3O5. The van der Waals surface area contributed by atoms with Crippen LogP contribution in [0.15, 0.2) is 0 Å². The van der Waals surface area contributed by atoms with Gasteiger partial charge in [-0.05, 0) is 12.8 Å². The lowest BCUT2D eigenvalue weighted by atomic mass is 10.2. The SMILES string of the molecule is CN(CC(=O)NC1CC1)C(=O)N1C[C@H](O)C[C@@H]1C(=O)O. The molecule has 0 unspecified atom stereocenters. The molecule has 2 atom stereocenters. The van der Waals surface area contributed by atoms with Gasteiger partial charge in [0.2, 0.25) is 5.91 Å². The maximum atomic E-state index is 12.1. The number of carboxylic acid groups (broad SMARTS) is 1. The van der Waals surface area contributed by atoms with Crippen LogP contribution in [0.4, 0.5) is 4.79 Å². The molecule has 112 valence electrons. The molecule has 8 heteroatoms. The number of likely N-dealkylation sites (tertiary alicyclic amines) is 1. The van der Waals surface area contributed by atoms with E-state index < -0.39 is 24.1 Å². The average molecular weight is 285 g/mol. The maximum Gasteiger partial charge on any atom is 0.326 e. The second-order valence-corrected chi connectivity index (χ2v) is 5.38. The number of carboxylic acids is 1. The monoisotopic (exact) mass is 285 g/mol. The zero-order valence-corrected chi connectivity index (χ0v) is 11.3. The lowest BCUT2D eigenvalue weighted by Gasteiger charge is -2.27. The van der Waals surface area contributed by atoms with Crippen LogP contribution < -0.4 is 5.32 Å². The Bertz CT molecular complexity index is 423. The summed E-state index contributed by atoms with van der Waals surface area (Å²) in [6.07, 6.45) is 1.10. The lowest BCUT2D eigenvalue weighted by molar-refractivity contribution is -0.141. The van der Waals surface area contributed by atoms with E-state index in [9.17, 15) is 19.5 Å². The fourth-order valence-electron chi connectivity index (χ4n) is 2.26. The van der Waals surface area contributed by atoms with Gasteiger partial charge in [-0.25, -0.2) is 9.59 Å². The van der Waals surface area contributed by atoms with E-state index in [1.54, 1.807) is 0 Å². The number of urea groups is 1. The van der Waals surface area contributed by atoms with E-state index in [1.165, 1.54) is 11.9 Å². The van der Waals surface area contributed by atoms with Gasteiger partial charge in [0.25, 0.3) is 0 Å². The third-order valence-electron chi connectivity index (χ3n) is 3.46. The zero-order chi connectivity index (χ0) is 14.9. The van der Waals surface area contributed by atoms with E-state index in [0.29, 0.717) is 0 Å². The third-order valence-corrected chi connectivity index (χ3v) is 3.46. The minimum Gasteiger partial charge on any atom is -0.480 e. The average Bonchev–Trinajstić information content (AvgIpc) is 3.07. The summed E-state index contributed by atoms with van der Waals surface area (Å²) in [7, 11) is 1.44. The number of aliphatic hydroxyl groups is 1. The van der Waals surface area contributed by atoms with Crippen molar-refractivity contribution in [1.29, 1.82) is 0 Å². The first-order valence-corrected chi connectivity index (χ1v) is 6.60. The van der Waals surface area contributed by atoms with Crippen molar-refractivity contribution in [2.45, 2.75) is 37.5 Å². The Morgan fingerprint density at radius 1 is 1.35 bits per heavy atom. The Labute approximate surface area is 116 Å². The van der Waals surface area contributed by atoms with E-state index in [-0.39, 0.29) is 31.5 Å². The summed E-state index contributed by atoms with van der Waals surface area (Å²) in [6.45, 7) is -0.140. The molecule has 3 N–H and O–H groups in total. The molecule has 0 spiro atoms. The van der Waals surface area contributed by atoms with Crippen LogP contribution in [0.25, 0.3) is 0 Å². The molecule has 1 saturated heterocycles. The molecule has 0 aromatic carbocycles. The van der Waals surface area contributed by atoms with Gasteiger partial charge in [0.15, 0.2) is 0 Å². The number of rotatable bonds is 4. The Morgan fingerprint density at radius 3 is 2.55 bits per heavy atom. The van der Waals surface area contributed by atoms with Crippen LogP contribution in [0.2, 0.25) is 0 Å². The van der Waals surface area contributed by atoms with E-state index >= 15 is 0 Å². The molecule has 1 aliphatic heterocycles. The first-order valence-electron chi connectivity index (χ1n) is 6.60. The summed E-state index contributed by atoms with van der Waals surface area (Å²) in [5, 5.41) is 21.3. The van der Waals surface area contributed by atoms with Crippen LogP contribution in [-0.4, -0.2) is 76.2 Å². The number of β-amino-alcohol motifs (C(OH)–C–C–N with tert-alkyl or cyclic N) is 1. The Balaban J connectivity index is 1.91. The van der Waals surface area contributed by atoms with Crippen molar-refractivity contribution in [2.24, 2.45) is 0 Å². The number of likely N-dealkylation sites (N-methyl/N-ethyl adjacent to an activating group) is 1. The highest BCUT2D eigenvalue weighted by molar-refractivity contribution is 5.87. The van der Waals surface area contributed by atoms with Crippen molar-refractivity contribution in [3.8, 4) is 0 Å². The molecule has 1 saturated carbocycles. The van der Waals surface area contributed by atoms with Gasteiger partial charge in [-0.1, -0.05) is 0 Å². The Hall–Kier alpha value is -1.83. The zero-order valence-electron chi connectivity index (χ0n) is 11.3. The number of hydrogen-bond acceptors (Lipinski definition) is 4. The fraction of sp³-hybridized carbons (Fsp3) is 0.750. The van der Waals surface area contributed by atoms with Crippen molar-refractivity contribution < 1.29 is 24.6 Å². The Kier molecular flexibility index (Phi) is 4.12. The number of aliphatic hydroxyl groups excluding tert-OH is 1.